The summed E-state index contributed by atoms with van der Waals surface area (Å²) in [4.78, 5) is 35.5. The summed E-state index contributed by atoms with van der Waals surface area (Å²) >= 11 is 1.48. The maximum Gasteiger partial charge on any atom is 0.331 e. The highest BCUT2D eigenvalue weighted by Crippen LogP contribution is 2.17. The Bertz CT molecular complexity index is 841. The van der Waals surface area contributed by atoms with E-state index < -0.39 is 24.2 Å². The minimum atomic E-state index is -0.794. The van der Waals surface area contributed by atoms with Crippen LogP contribution in [0, 0.1) is 12.7 Å². The lowest BCUT2D eigenvalue weighted by atomic mass is 10.1. The quantitative estimate of drug-likeness (QED) is 0.485. The molecule has 0 aliphatic rings. The van der Waals surface area contributed by atoms with Crippen molar-refractivity contribution in [1.29, 1.82) is 0 Å². The van der Waals surface area contributed by atoms with Gasteiger partial charge in [-0.2, -0.15) is 0 Å². The Morgan fingerprint density at radius 1 is 1.28 bits per heavy atom. The number of Topliss-reactive ketones (excluding diaryl/α,β-unsaturated/α-hetero) is 1. The van der Waals surface area contributed by atoms with Crippen LogP contribution in [0.3, 0.4) is 0 Å². The van der Waals surface area contributed by atoms with Gasteiger partial charge in [0.25, 0.3) is 0 Å². The van der Waals surface area contributed by atoms with Crippen molar-refractivity contribution in [2.24, 2.45) is 0 Å². The van der Waals surface area contributed by atoms with Gasteiger partial charge in [-0.05, 0) is 48.2 Å². The van der Waals surface area contributed by atoms with Gasteiger partial charge in [0.05, 0.1) is 5.56 Å². The van der Waals surface area contributed by atoms with Crippen LogP contribution in [0.25, 0.3) is 6.08 Å². The van der Waals surface area contributed by atoms with Gasteiger partial charge >= 0.3 is 5.97 Å². The molecule has 0 unspecified atom stereocenters. The number of ketones is 1. The Labute approximate surface area is 148 Å². The van der Waals surface area contributed by atoms with E-state index in [0.29, 0.717) is 0 Å². The number of benzene rings is 1. The van der Waals surface area contributed by atoms with Crippen molar-refractivity contribution in [2.75, 3.05) is 11.9 Å². The van der Waals surface area contributed by atoms with Crippen LogP contribution in [0.5, 0.6) is 0 Å². The summed E-state index contributed by atoms with van der Waals surface area (Å²) in [7, 11) is 0. The Hall–Kier alpha value is -2.80. The SMILES string of the molecule is CC(=O)Nc1ccc(C(=O)COC(=O)/C=C/c2sccc2C)c(F)c1. The maximum atomic E-state index is 13.9. The van der Waals surface area contributed by atoms with Crippen molar-refractivity contribution >= 4 is 40.8 Å². The van der Waals surface area contributed by atoms with Gasteiger partial charge in [0.1, 0.15) is 5.82 Å². The Morgan fingerprint density at radius 2 is 2.04 bits per heavy atom. The molecule has 2 aromatic rings. The molecule has 1 aromatic carbocycles. The fourth-order valence-corrected chi connectivity index (χ4v) is 2.80. The molecule has 0 saturated carbocycles. The zero-order valence-electron chi connectivity index (χ0n) is 13.7. The molecule has 1 N–H and O–H groups in total. The van der Waals surface area contributed by atoms with E-state index in [2.05, 4.69) is 5.32 Å². The molecule has 130 valence electrons. The molecule has 0 bridgehead atoms. The highest BCUT2D eigenvalue weighted by atomic mass is 32.1. The second-order valence-electron chi connectivity index (χ2n) is 5.21. The largest absolute Gasteiger partial charge is 0.454 e. The number of anilines is 1. The van der Waals surface area contributed by atoms with Gasteiger partial charge < -0.3 is 10.1 Å². The van der Waals surface area contributed by atoms with Crippen molar-refractivity contribution in [3.63, 3.8) is 0 Å². The molecule has 2 rings (SSSR count). The molecule has 1 amide bonds. The standard InChI is InChI=1S/C18H16FNO4S/c1-11-7-8-25-17(11)5-6-18(23)24-10-16(22)14-4-3-13(9-15(14)19)20-12(2)21/h3-9H,10H2,1-2H3,(H,20,21)/b6-5+. The third kappa shape index (κ3) is 5.36. The number of esters is 1. The lowest BCUT2D eigenvalue weighted by molar-refractivity contribution is -0.136. The van der Waals surface area contributed by atoms with E-state index in [4.69, 9.17) is 4.74 Å². The number of aryl methyl sites for hydroxylation is 1. The molecular formula is C18H16FNO4S. The topological polar surface area (TPSA) is 72.5 Å². The maximum absolute atomic E-state index is 13.9. The average Bonchev–Trinajstić information content (AvgIpc) is 2.95. The number of nitrogens with one attached hydrogen (secondary N) is 1. The molecule has 7 heteroatoms. The molecule has 0 atom stereocenters. The Balaban J connectivity index is 1.93. The minimum absolute atomic E-state index is 0.208. The van der Waals surface area contributed by atoms with Crippen LogP contribution in [-0.2, 0) is 14.3 Å². The molecule has 0 spiro atoms. The van der Waals surface area contributed by atoms with Gasteiger partial charge in [-0.25, -0.2) is 9.18 Å². The van der Waals surface area contributed by atoms with Gasteiger partial charge in [-0.1, -0.05) is 0 Å². The van der Waals surface area contributed by atoms with Gasteiger partial charge in [-0.15, -0.1) is 11.3 Å². The number of amides is 1. The first-order valence-electron chi connectivity index (χ1n) is 7.36. The van der Waals surface area contributed by atoms with Crippen molar-refractivity contribution in [1.82, 2.24) is 0 Å². The smallest absolute Gasteiger partial charge is 0.331 e. The fraction of sp³-hybridized carbons (Fsp3) is 0.167. The summed E-state index contributed by atoms with van der Waals surface area (Å²) in [5.74, 6) is -2.49. The van der Waals surface area contributed by atoms with Crippen LogP contribution < -0.4 is 5.32 Å². The van der Waals surface area contributed by atoms with Crippen LogP contribution in [0.2, 0.25) is 0 Å². The Morgan fingerprint density at radius 3 is 2.64 bits per heavy atom. The number of carbonyl (C=O) groups excluding carboxylic acids is 3. The van der Waals surface area contributed by atoms with Gasteiger partial charge in [-0.3, -0.25) is 9.59 Å². The summed E-state index contributed by atoms with van der Waals surface area (Å²) in [5.41, 5.74) is 1.07. The van der Waals surface area contributed by atoms with Crippen molar-refractivity contribution < 1.29 is 23.5 Å². The molecule has 1 heterocycles. The first kappa shape index (κ1) is 18.5. The molecule has 0 radical (unpaired) electrons. The number of hydrogen-bond acceptors (Lipinski definition) is 5. The number of ether oxygens (including phenoxy) is 1. The molecule has 25 heavy (non-hydrogen) atoms. The third-order valence-corrected chi connectivity index (χ3v) is 4.19. The second kappa shape index (κ2) is 8.34. The van der Waals surface area contributed by atoms with Crippen LogP contribution in [0.15, 0.2) is 35.7 Å². The highest BCUT2D eigenvalue weighted by molar-refractivity contribution is 7.11. The predicted octanol–water partition coefficient (Wildman–Crippen LogP) is 3.59. The zero-order chi connectivity index (χ0) is 18.4. The lowest BCUT2D eigenvalue weighted by Crippen LogP contribution is -2.14. The van der Waals surface area contributed by atoms with E-state index in [0.717, 1.165) is 16.5 Å². The van der Waals surface area contributed by atoms with E-state index in [1.54, 1.807) is 6.08 Å². The first-order valence-corrected chi connectivity index (χ1v) is 8.24. The highest BCUT2D eigenvalue weighted by Gasteiger charge is 2.14. The molecular weight excluding hydrogens is 345 g/mol. The second-order valence-corrected chi connectivity index (χ2v) is 6.16. The molecule has 0 fully saturated rings. The zero-order valence-corrected chi connectivity index (χ0v) is 14.5. The van der Waals surface area contributed by atoms with Crippen molar-refractivity contribution in [2.45, 2.75) is 13.8 Å². The monoisotopic (exact) mass is 361 g/mol. The summed E-state index contributed by atoms with van der Waals surface area (Å²) in [6.45, 7) is 2.64. The Kier molecular flexibility index (Phi) is 6.19. The van der Waals surface area contributed by atoms with Crippen LogP contribution >= 0.6 is 11.3 Å². The third-order valence-electron chi connectivity index (χ3n) is 3.21. The molecule has 1 aromatic heterocycles. The van der Waals surface area contributed by atoms with Crippen LogP contribution in [0.1, 0.15) is 27.7 Å². The normalized spacial score (nSPS) is 10.7. The molecule has 0 saturated heterocycles. The van der Waals surface area contributed by atoms with Gasteiger partial charge in [0.15, 0.2) is 6.61 Å². The van der Waals surface area contributed by atoms with Crippen molar-refractivity contribution in [3.05, 3.63) is 57.5 Å². The summed E-state index contributed by atoms with van der Waals surface area (Å²) in [6, 6.07) is 5.60. The first-order chi connectivity index (χ1) is 11.9. The summed E-state index contributed by atoms with van der Waals surface area (Å²) in [6.07, 6.45) is 2.83. The summed E-state index contributed by atoms with van der Waals surface area (Å²) < 4.78 is 18.8. The number of halogens is 1. The number of thiophene rings is 1. The number of carbonyl (C=O) groups is 3. The minimum Gasteiger partial charge on any atom is -0.454 e. The van der Waals surface area contributed by atoms with Gasteiger partial charge in [0.2, 0.25) is 11.7 Å². The van der Waals surface area contributed by atoms with E-state index in [-0.39, 0.29) is 17.2 Å². The van der Waals surface area contributed by atoms with Crippen LogP contribution in [0.4, 0.5) is 10.1 Å². The van der Waals surface area contributed by atoms with E-state index in [9.17, 15) is 18.8 Å². The predicted molar refractivity (Wildman–Crippen MR) is 94.1 cm³/mol. The molecule has 0 aliphatic heterocycles. The number of hydrogen-bond donors (Lipinski definition) is 1. The molecule has 0 aliphatic carbocycles. The lowest BCUT2D eigenvalue weighted by Gasteiger charge is -2.06. The summed E-state index contributed by atoms with van der Waals surface area (Å²) in [5, 5.41) is 4.31. The average molecular weight is 361 g/mol. The fourth-order valence-electron chi connectivity index (χ4n) is 1.98. The molecule has 5 nitrogen and oxygen atoms in total. The van der Waals surface area contributed by atoms with Crippen LogP contribution in [-0.4, -0.2) is 24.3 Å². The van der Waals surface area contributed by atoms with E-state index >= 15 is 0 Å². The number of rotatable bonds is 6. The van der Waals surface area contributed by atoms with Crippen molar-refractivity contribution in [3.8, 4) is 0 Å². The van der Waals surface area contributed by atoms with Gasteiger partial charge in [0, 0.05) is 23.6 Å². The van der Waals surface area contributed by atoms with E-state index in [1.807, 2.05) is 18.4 Å². The van der Waals surface area contributed by atoms with E-state index in [1.165, 1.54) is 36.5 Å².